The average molecular weight is 412 g/mol. The Morgan fingerprint density at radius 1 is 1.33 bits per heavy atom. The number of carbonyl (C=O) groups is 2. The minimum atomic E-state index is -0.727. The third kappa shape index (κ3) is 4.48. The van der Waals surface area contributed by atoms with E-state index in [1.165, 1.54) is 25.4 Å². The Balaban J connectivity index is 2.20. The lowest BCUT2D eigenvalue weighted by molar-refractivity contribution is -0.142. The molecule has 2 N–H and O–H groups in total. The van der Waals surface area contributed by atoms with E-state index < -0.39 is 22.3 Å². The molecule has 0 aromatic carbocycles. The first-order chi connectivity index (χ1) is 12.7. The van der Waals surface area contributed by atoms with Crippen molar-refractivity contribution in [3.05, 3.63) is 37.5 Å². The van der Waals surface area contributed by atoms with E-state index >= 15 is 0 Å². The van der Waals surface area contributed by atoms with Crippen LogP contribution in [0.4, 0.5) is 5.82 Å². The van der Waals surface area contributed by atoms with E-state index in [2.05, 4.69) is 4.98 Å². The van der Waals surface area contributed by atoms with Crippen LogP contribution >= 0.6 is 23.1 Å². The molecule has 2 aromatic rings. The molecule has 27 heavy (non-hydrogen) atoms. The third-order valence-electron chi connectivity index (χ3n) is 3.76. The normalized spacial score (nSPS) is 12.0. The number of ether oxygens (including phenoxy) is 1. The molecule has 0 fully saturated rings. The number of hydrogen-bond acceptors (Lipinski definition) is 9. The van der Waals surface area contributed by atoms with E-state index in [0.29, 0.717) is 16.6 Å². The minimum Gasteiger partial charge on any atom is -0.466 e. The van der Waals surface area contributed by atoms with Crippen LogP contribution in [0.1, 0.15) is 29.9 Å². The molecule has 11 heteroatoms. The van der Waals surface area contributed by atoms with Crippen molar-refractivity contribution in [2.24, 2.45) is 14.1 Å². The summed E-state index contributed by atoms with van der Waals surface area (Å²) < 4.78 is 7.37. The van der Waals surface area contributed by atoms with E-state index in [-0.39, 0.29) is 23.8 Å². The minimum absolute atomic E-state index is 0.0571. The van der Waals surface area contributed by atoms with Crippen LogP contribution in [0.5, 0.6) is 0 Å². The molecule has 0 unspecified atom stereocenters. The van der Waals surface area contributed by atoms with Gasteiger partial charge in [0.1, 0.15) is 11.4 Å². The van der Waals surface area contributed by atoms with Gasteiger partial charge in [0.15, 0.2) is 10.1 Å². The van der Waals surface area contributed by atoms with Gasteiger partial charge in [-0.2, -0.15) is 0 Å². The van der Waals surface area contributed by atoms with E-state index in [1.54, 1.807) is 19.2 Å². The Kier molecular flexibility index (Phi) is 6.60. The quantitative estimate of drug-likeness (QED) is 0.398. The summed E-state index contributed by atoms with van der Waals surface area (Å²) in [7, 11) is 2.69. The number of ketones is 1. The van der Waals surface area contributed by atoms with Crippen molar-refractivity contribution in [1.29, 1.82) is 0 Å². The van der Waals surface area contributed by atoms with Gasteiger partial charge in [-0.25, -0.2) is 9.78 Å². The number of Topliss-reactive ketones (excluding diaryl/α,β-unsaturated/α-hetero) is 1. The molecule has 0 saturated carbocycles. The van der Waals surface area contributed by atoms with E-state index in [0.717, 1.165) is 20.9 Å². The van der Waals surface area contributed by atoms with Crippen molar-refractivity contribution in [3.63, 3.8) is 0 Å². The van der Waals surface area contributed by atoms with Gasteiger partial charge >= 0.3 is 11.7 Å². The second kappa shape index (κ2) is 8.53. The average Bonchev–Trinajstić information content (AvgIpc) is 3.05. The molecule has 0 aliphatic rings. The highest BCUT2D eigenvalue weighted by atomic mass is 32.2. The summed E-state index contributed by atoms with van der Waals surface area (Å²) in [5.74, 6) is -1.02. The Morgan fingerprint density at radius 3 is 2.63 bits per heavy atom. The van der Waals surface area contributed by atoms with Gasteiger partial charge in [0.05, 0.1) is 24.0 Å². The van der Waals surface area contributed by atoms with Gasteiger partial charge in [-0.15, -0.1) is 11.3 Å². The molecular weight excluding hydrogens is 392 g/mol. The first-order valence-electron chi connectivity index (χ1n) is 8.03. The molecule has 0 radical (unpaired) electrons. The number of rotatable bonds is 7. The molecule has 2 rings (SSSR count). The number of thiazole rings is 1. The highest BCUT2D eigenvalue weighted by molar-refractivity contribution is 8.02. The molecule has 0 amide bonds. The summed E-state index contributed by atoms with van der Waals surface area (Å²) in [4.78, 5) is 52.7. The zero-order valence-corrected chi connectivity index (χ0v) is 17.0. The van der Waals surface area contributed by atoms with Crippen LogP contribution in [-0.4, -0.2) is 37.7 Å². The van der Waals surface area contributed by atoms with Crippen LogP contribution in [0.25, 0.3) is 0 Å². The number of nitrogen functional groups attached to an aromatic ring is 1. The lowest BCUT2D eigenvalue weighted by atomic mass is 10.1. The predicted octanol–water partition coefficient (Wildman–Crippen LogP) is 0.592. The SMILES string of the molecule is CCOC(=O)Cc1csc(S[C@@H](C)C(=O)c2c(N)n(C)c(=O)n(C)c2=O)n1. The standard InChI is InChI=1S/C16H20N4O5S2/c1-5-25-10(21)6-9-7-26-15(18-9)27-8(2)12(22)11-13(17)19(3)16(24)20(4)14(11)23/h7-8H,5-6,17H2,1-4H3/t8-/m0/s1. The van der Waals surface area contributed by atoms with Crippen LogP contribution in [0, 0.1) is 0 Å². The number of aromatic nitrogens is 3. The first kappa shape index (κ1) is 20.9. The zero-order chi connectivity index (χ0) is 20.3. The van der Waals surface area contributed by atoms with Crippen LogP contribution in [0.3, 0.4) is 0 Å². The lowest BCUT2D eigenvalue weighted by Gasteiger charge is -2.13. The summed E-state index contributed by atoms with van der Waals surface area (Å²) in [5, 5.41) is 1.06. The lowest BCUT2D eigenvalue weighted by Crippen LogP contribution is -2.42. The third-order valence-corrected chi connectivity index (χ3v) is 5.89. The van der Waals surface area contributed by atoms with Crippen LogP contribution in [0.15, 0.2) is 19.3 Å². The van der Waals surface area contributed by atoms with Gasteiger partial charge in [0, 0.05) is 19.5 Å². The van der Waals surface area contributed by atoms with Gasteiger partial charge < -0.3 is 10.5 Å². The summed E-state index contributed by atoms with van der Waals surface area (Å²) in [6.45, 7) is 3.65. The molecule has 0 bridgehead atoms. The summed E-state index contributed by atoms with van der Waals surface area (Å²) in [6, 6.07) is 0. The van der Waals surface area contributed by atoms with Gasteiger partial charge in [0.2, 0.25) is 0 Å². The van der Waals surface area contributed by atoms with E-state index in [9.17, 15) is 19.2 Å². The number of nitrogens with zero attached hydrogens (tertiary/aromatic N) is 3. The second-order valence-corrected chi connectivity index (χ2v) is 8.12. The second-order valence-electron chi connectivity index (χ2n) is 5.68. The number of carbonyl (C=O) groups excluding carboxylic acids is 2. The fourth-order valence-electron chi connectivity index (χ4n) is 2.28. The topological polar surface area (TPSA) is 126 Å². The Labute approximate surface area is 163 Å². The maximum Gasteiger partial charge on any atom is 0.332 e. The molecule has 0 aliphatic heterocycles. The fourth-order valence-corrected chi connectivity index (χ4v) is 4.32. The molecule has 0 saturated heterocycles. The van der Waals surface area contributed by atoms with Gasteiger partial charge in [0.25, 0.3) is 5.56 Å². The highest BCUT2D eigenvalue weighted by Gasteiger charge is 2.26. The van der Waals surface area contributed by atoms with E-state index in [1.807, 2.05) is 0 Å². The van der Waals surface area contributed by atoms with Crippen molar-refractivity contribution < 1.29 is 14.3 Å². The smallest absolute Gasteiger partial charge is 0.332 e. The summed E-state index contributed by atoms with van der Waals surface area (Å²) in [6.07, 6.45) is 0.0571. The largest absolute Gasteiger partial charge is 0.466 e. The number of nitrogens with two attached hydrogens (primary N) is 1. The number of esters is 1. The van der Waals surface area contributed by atoms with Crippen molar-refractivity contribution in [2.75, 3.05) is 12.3 Å². The molecule has 0 aliphatic carbocycles. The first-order valence-corrected chi connectivity index (χ1v) is 9.79. The maximum absolute atomic E-state index is 12.7. The molecule has 146 valence electrons. The molecule has 2 aromatic heterocycles. The molecule has 1 atom stereocenters. The van der Waals surface area contributed by atoms with Crippen LogP contribution in [0.2, 0.25) is 0 Å². The summed E-state index contributed by atoms with van der Waals surface area (Å²) in [5.41, 5.74) is 4.84. The molecule has 2 heterocycles. The van der Waals surface area contributed by atoms with Crippen LogP contribution in [-0.2, 0) is 30.0 Å². The summed E-state index contributed by atoms with van der Waals surface area (Å²) >= 11 is 2.45. The van der Waals surface area contributed by atoms with Crippen molar-refractivity contribution >= 4 is 40.7 Å². The van der Waals surface area contributed by atoms with Gasteiger partial charge in [-0.05, 0) is 13.8 Å². The molecular formula is C16H20N4O5S2. The van der Waals surface area contributed by atoms with Crippen molar-refractivity contribution in [2.45, 2.75) is 29.9 Å². The Bertz CT molecular complexity index is 992. The van der Waals surface area contributed by atoms with E-state index in [4.69, 9.17) is 10.5 Å². The fraction of sp³-hybridized carbons (Fsp3) is 0.438. The van der Waals surface area contributed by atoms with Gasteiger partial charge in [-0.3, -0.25) is 23.5 Å². The Hall–Kier alpha value is -2.40. The molecule has 0 spiro atoms. The number of thioether (sulfide) groups is 1. The van der Waals surface area contributed by atoms with Gasteiger partial charge in [-0.1, -0.05) is 11.8 Å². The van der Waals surface area contributed by atoms with Crippen molar-refractivity contribution in [1.82, 2.24) is 14.1 Å². The Morgan fingerprint density at radius 2 is 2.00 bits per heavy atom. The zero-order valence-electron chi connectivity index (χ0n) is 15.3. The van der Waals surface area contributed by atoms with Crippen LogP contribution < -0.4 is 17.0 Å². The monoisotopic (exact) mass is 412 g/mol. The molecule has 9 nitrogen and oxygen atoms in total. The highest BCUT2D eigenvalue weighted by Crippen LogP contribution is 2.29. The maximum atomic E-state index is 12.7. The predicted molar refractivity (Wildman–Crippen MR) is 103 cm³/mol. The van der Waals surface area contributed by atoms with Crippen molar-refractivity contribution in [3.8, 4) is 0 Å². The number of hydrogen-bond donors (Lipinski definition) is 1. The number of anilines is 1.